The Morgan fingerprint density at radius 3 is 2.50 bits per heavy atom. The third-order valence-corrected chi connectivity index (χ3v) is 4.61. The second-order valence-corrected chi connectivity index (χ2v) is 6.09. The molecule has 2 rings (SSSR count). The summed E-state index contributed by atoms with van der Waals surface area (Å²) in [6, 6.07) is 0. The Morgan fingerprint density at radius 1 is 1.29 bits per heavy atom. The lowest BCUT2D eigenvalue weighted by atomic mass is 9.55. The molecule has 2 aliphatic carbocycles. The van der Waals surface area contributed by atoms with Gasteiger partial charge in [0.2, 0.25) is 0 Å². The fourth-order valence-electron chi connectivity index (χ4n) is 3.92. The molecule has 14 heavy (non-hydrogen) atoms. The molecule has 0 spiro atoms. The van der Waals surface area contributed by atoms with Crippen molar-refractivity contribution in [2.75, 3.05) is 0 Å². The van der Waals surface area contributed by atoms with Crippen molar-refractivity contribution in [2.24, 2.45) is 16.7 Å². The molecule has 0 N–H and O–H groups in total. The lowest BCUT2D eigenvalue weighted by Gasteiger charge is -2.48. The van der Waals surface area contributed by atoms with Gasteiger partial charge in [-0.3, -0.25) is 0 Å². The Labute approximate surface area is 88.1 Å². The molecule has 0 heterocycles. The smallest absolute Gasteiger partial charge is 0.00253 e. The van der Waals surface area contributed by atoms with E-state index in [1.807, 2.05) is 0 Å². The van der Waals surface area contributed by atoms with E-state index in [0.29, 0.717) is 16.7 Å². The Morgan fingerprint density at radius 2 is 1.93 bits per heavy atom. The highest BCUT2D eigenvalue weighted by Crippen LogP contribution is 2.60. The van der Waals surface area contributed by atoms with Crippen LogP contribution in [0.1, 0.15) is 47.0 Å². The molecule has 0 aromatic carbocycles. The number of hydrogen-bond donors (Lipinski definition) is 0. The van der Waals surface area contributed by atoms with Gasteiger partial charge in [-0.05, 0) is 36.5 Å². The number of allylic oxidation sites excluding steroid dienone is 3. The summed E-state index contributed by atoms with van der Waals surface area (Å²) in [7, 11) is 0. The van der Waals surface area contributed by atoms with Crippen molar-refractivity contribution in [3.05, 3.63) is 23.8 Å². The van der Waals surface area contributed by atoms with E-state index in [0.717, 1.165) is 0 Å². The van der Waals surface area contributed by atoms with E-state index in [-0.39, 0.29) is 0 Å². The first kappa shape index (κ1) is 10.0. The standard InChI is InChI=1S/C14H22/c1-10-9-11(2)14(5)8-6-7-13(3,4)12(10)14/h9,12H,1,6-8H2,2-5H3/t12-,14-/m0/s1. The third kappa shape index (κ3) is 1.12. The van der Waals surface area contributed by atoms with Gasteiger partial charge in [-0.15, -0.1) is 0 Å². The molecule has 0 aliphatic heterocycles. The van der Waals surface area contributed by atoms with E-state index >= 15 is 0 Å². The topological polar surface area (TPSA) is 0 Å². The second kappa shape index (κ2) is 2.74. The van der Waals surface area contributed by atoms with Gasteiger partial charge < -0.3 is 0 Å². The SMILES string of the molecule is C=C1C=C(C)[C@]2(C)CCCC(C)(C)[C@H]12. The average molecular weight is 190 g/mol. The fraction of sp³-hybridized carbons (Fsp3) is 0.714. The second-order valence-electron chi connectivity index (χ2n) is 6.09. The molecule has 1 saturated carbocycles. The zero-order chi connectivity index (χ0) is 10.6. The number of hydrogen-bond acceptors (Lipinski definition) is 0. The van der Waals surface area contributed by atoms with Crippen molar-refractivity contribution in [3.63, 3.8) is 0 Å². The highest BCUT2D eigenvalue weighted by Gasteiger charge is 2.50. The molecule has 2 atom stereocenters. The summed E-state index contributed by atoms with van der Waals surface area (Å²) in [4.78, 5) is 0. The van der Waals surface area contributed by atoms with Gasteiger partial charge in [0.15, 0.2) is 0 Å². The van der Waals surface area contributed by atoms with Crippen molar-refractivity contribution in [1.82, 2.24) is 0 Å². The van der Waals surface area contributed by atoms with Crippen LogP contribution >= 0.6 is 0 Å². The van der Waals surface area contributed by atoms with E-state index in [2.05, 4.69) is 40.3 Å². The van der Waals surface area contributed by atoms with Gasteiger partial charge in [-0.1, -0.05) is 51.0 Å². The van der Waals surface area contributed by atoms with Gasteiger partial charge in [0.1, 0.15) is 0 Å². The molecule has 78 valence electrons. The van der Waals surface area contributed by atoms with Crippen molar-refractivity contribution in [2.45, 2.75) is 47.0 Å². The number of rotatable bonds is 0. The number of fused-ring (bicyclic) bond motifs is 1. The molecular formula is C14H22. The Hall–Kier alpha value is -0.520. The molecule has 0 radical (unpaired) electrons. The van der Waals surface area contributed by atoms with Crippen molar-refractivity contribution in [3.8, 4) is 0 Å². The zero-order valence-corrected chi connectivity index (χ0v) is 9.98. The molecule has 1 fully saturated rings. The van der Waals surface area contributed by atoms with E-state index in [1.165, 1.54) is 24.8 Å². The van der Waals surface area contributed by atoms with E-state index in [9.17, 15) is 0 Å². The maximum absolute atomic E-state index is 4.25. The minimum Gasteiger partial charge on any atom is -0.0955 e. The lowest BCUT2D eigenvalue weighted by Crippen LogP contribution is -2.40. The van der Waals surface area contributed by atoms with Crippen molar-refractivity contribution in [1.29, 1.82) is 0 Å². The van der Waals surface area contributed by atoms with Crippen molar-refractivity contribution >= 4 is 0 Å². The molecule has 2 aliphatic rings. The van der Waals surface area contributed by atoms with E-state index in [1.54, 1.807) is 5.57 Å². The molecule has 0 nitrogen and oxygen atoms in total. The largest absolute Gasteiger partial charge is 0.0955 e. The van der Waals surface area contributed by atoms with Crippen LogP contribution in [0.2, 0.25) is 0 Å². The average Bonchev–Trinajstić information content (AvgIpc) is 2.22. The van der Waals surface area contributed by atoms with Gasteiger partial charge in [0.05, 0.1) is 0 Å². The Balaban J connectivity index is 2.45. The molecular weight excluding hydrogens is 168 g/mol. The van der Waals surface area contributed by atoms with Crippen LogP contribution in [-0.4, -0.2) is 0 Å². The molecule has 0 saturated heterocycles. The van der Waals surface area contributed by atoms with Crippen LogP contribution in [0.3, 0.4) is 0 Å². The van der Waals surface area contributed by atoms with Gasteiger partial charge in [0, 0.05) is 0 Å². The first-order valence-electron chi connectivity index (χ1n) is 5.75. The Kier molecular flexibility index (Phi) is 1.96. The maximum atomic E-state index is 4.25. The molecule has 0 aromatic heterocycles. The summed E-state index contributed by atoms with van der Waals surface area (Å²) >= 11 is 0. The minimum atomic E-state index is 0.416. The quantitative estimate of drug-likeness (QED) is 0.533. The predicted molar refractivity (Wildman–Crippen MR) is 62.1 cm³/mol. The summed E-state index contributed by atoms with van der Waals surface area (Å²) in [5.41, 5.74) is 3.78. The van der Waals surface area contributed by atoms with Gasteiger partial charge in [-0.2, -0.15) is 0 Å². The van der Waals surface area contributed by atoms with Gasteiger partial charge in [-0.25, -0.2) is 0 Å². The van der Waals surface area contributed by atoms with Crippen molar-refractivity contribution < 1.29 is 0 Å². The molecule has 0 unspecified atom stereocenters. The predicted octanol–water partition coefficient (Wildman–Crippen LogP) is 4.34. The molecule has 0 bridgehead atoms. The highest BCUT2D eigenvalue weighted by molar-refractivity contribution is 5.39. The Bertz CT molecular complexity index is 306. The van der Waals surface area contributed by atoms with Crippen LogP contribution in [0.25, 0.3) is 0 Å². The summed E-state index contributed by atoms with van der Waals surface area (Å²) in [5.74, 6) is 0.684. The summed E-state index contributed by atoms with van der Waals surface area (Å²) in [6.45, 7) is 13.8. The third-order valence-electron chi connectivity index (χ3n) is 4.61. The van der Waals surface area contributed by atoms with Gasteiger partial charge >= 0.3 is 0 Å². The first-order chi connectivity index (χ1) is 6.38. The summed E-state index contributed by atoms with van der Waals surface area (Å²) in [5, 5.41) is 0. The van der Waals surface area contributed by atoms with Gasteiger partial charge in [0.25, 0.3) is 0 Å². The van der Waals surface area contributed by atoms with Crippen LogP contribution in [0.5, 0.6) is 0 Å². The molecule has 0 heteroatoms. The van der Waals surface area contributed by atoms with Crippen LogP contribution in [0.15, 0.2) is 23.8 Å². The molecule has 0 amide bonds. The molecule has 0 aromatic rings. The lowest BCUT2D eigenvalue weighted by molar-refractivity contribution is 0.0663. The van der Waals surface area contributed by atoms with Crippen LogP contribution in [0.4, 0.5) is 0 Å². The summed E-state index contributed by atoms with van der Waals surface area (Å²) < 4.78 is 0. The van der Waals surface area contributed by atoms with Crippen LogP contribution in [0, 0.1) is 16.7 Å². The van der Waals surface area contributed by atoms with Crippen LogP contribution in [-0.2, 0) is 0 Å². The zero-order valence-electron chi connectivity index (χ0n) is 9.98. The fourth-order valence-corrected chi connectivity index (χ4v) is 3.92. The highest BCUT2D eigenvalue weighted by atomic mass is 14.5. The first-order valence-corrected chi connectivity index (χ1v) is 5.75. The minimum absolute atomic E-state index is 0.416. The monoisotopic (exact) mass is 190 g/mol. The van der Waals surface area contributed by atoms with E-state index < -0.39 is 0 Å². The van der Waals surface area contributed by atoms with Crippen LogP contribution < -0.4 is 0 Å². The normalized spacial score (nSPS) is 40.7. The summed E-state index contributed by atoms with van der Waals surface area (Å²) in [6.07, 6.45) is 6.41. The maximum Gasteiger partial charge on any atom is -0.00253 e. The van der Waals surface area contributed by atoms with E-state index in [4.69, 9.17) is 0 Å².